The molecule has 0 radical (unpaired) electrons. The average molecular weight is 393 g/mol. The number of carbonyl (C=O) groups is 1. The van der Waals surface area contributed by atoms with Crippen molar-refractivity contribution < 1.29 is 9.53 Å². The fourth-order valence-corrected chi connectivity index (χ4v) is 3.72. The van der Waals surface area contributed by atoms with E-state index in [1.165, 1.54) is 7.11 Å². The van der Waals surface area contributed by atoms with Crippen LogP contribution in [-0.4, -0.2) is 58.4 Å². The quantitative estimate of drug-likeness (QED) is 0.692. The molecular formula is C20H23N7O2. The number of carbonyl (C=O) groups excluding carboxylic acids is 1. The molecule has 0 aliphatic carbocycles. The molecule has 0 spiro atoms. The lowest BCUT2D eigenvalue weighted by Gasteiger charge is -2.38. The minimum Gasteiger partial charge on any atom is -0.467 e. The van der Waals surface area contributed by atoms with Gasteiger partial charge in [-0.2, -0.15) is 10.1 Å². The summed E-state index contributed by atoms with van der Waals surface area (Å²) < 4.78 is 5.19. The second kappa shape index (κ2) is 7.96. The number of hydrogen-bond acceptors (Lipinski definition) is 8. The van der Waals surface area contributed by atoms with Crippen molar-refractivity contribution in [3.05, 3.63) is 42.2 Å². The van der Waals surface area contributed by atoms with Crippen LogP contribution in [0, 0.1) is 0 Å². The normalized spacial score (nSPS) is 19.2. The van der Waals surface area contributed by atoms with Gasteiger partial charge < -0.3 is 20.3 Å². The lowest BCUT2D eigenvalue weighted by atomic mass is 10.0. The molecule has 1 saturated heterocycles. The van der Waals surface area contributed by atoms with Crippen molar-refractivity contribution in [2.24, 2.45) is 0 Å². The molecule has 1 aromatic carbocycles. The van der Waals surface area contributed by atoms with Gasteiger partial charge in [-0.25, -0.2) is 4.98 Å². The van der Waals surface area contributed by atoms with Gasteiger partial charge in [0.25, 0.3) is 5.91 Å². The molecule has 1 fully saturated rings. The Hall–Kier alpha value is -3.33. The molecule has 9 heteroatoms. The third-order valence-electron chi connectivity index (χ3n) is 4.84. The monoisotopic (exact) mass is 393 g/mol. The topological polar surface area (TPSA) is 105 Å². The fourth-order valence-electron chi connectivity index (χ4n) is 3.72. The van der Waals surface area contributed by atoms with Crippen LogP contribution in [0.5, 0.6) is 6.01 Å². The number of benzene rings is 1. The molecule has 2 aromatic heterocycles. The molecule has 2 N–H and O–H groups in total. The van der Waals surface area contributed by atoms with Crippen LogP contribution in [0.25, 0.3) is 10.9 Å². The Morgan fingerprint density at radius 3 is 2.72 bits per heavy atom. The predicted molar refractivity (Wildman–Crippen MR) is 110 cm³/mol. The first-order valence-electron chi connectivity index (χ1n) is 9.49. The number of anilines is 2. The van der Waals surface area contributed by atoms with E-state index in [2.05, 4.69) is 49.5 Å². The van der Waals surface area contributed by atoms with E-state index in [1.807, 2.05) is 6.07 Å². The van der Waals surface area contributed by atoms with Gasteiger partial charge in [0.1, 0.15) is 0 Å². The highest BCUT2D eigenvalue weighted by atomic mass is 16.5. The van der Waals surface area contributed by atoms with Gasteiger partial charge in [0.2, 0.25) is 0 Å². The van der Waals surface area contributed by atoms with Crippen molar-refractivity contribution in [1.29, 1.82) is 0 Å². The number of nitrogens with one attached hydrogen (secondary N) is 2. The van der Waals surface area contributed by atoms with Gasteiger partial charge in [0.05, 0.1) is 18.2 Å². The first kappa shape index (κ1) is 19.0. The van der Waals surface area contributed by atoms with Crippen molar-refractivity contribution in [2.45, 2.75) is 25.9 Å². The van der Waals surface area contributed by atoms with E-state index in [1.54, 1.807) is 30.6 Å². The highest BCUT2D eigenvalue weighted by Crippen LogP contribution is 2.30. The van der Waals surface area contributed by atoms with Crippen molar-refractivity contribution in [1.82, 2.24) is 25.5 Å². The molecule has 1 aliphatic rings. The highest BCUT2D eigenvalue weighted by molar-refractivity contribution is 6.13. The molecule has 2 atom stereocenters. The fraction of sp³-hybridized carbons (Fsp3) is 0.350. The lowest BCUT2D eigenvalue weighted by Crippen LogP contribution is -2.54. The summed E-state index contributed by atoms with van der Waals surface area (Å²) in [4.78, 5) is 24.0. The van der Waals surface area contributed by atoms with Crippen LogP contribution >= 0.6 is 0 Å². The summed E-state index contributed by atoms with van der Waals surface area (Å²) in [6.07, 6.45) is 3.26. The molecule has 0 bridgehead atoms. The lowest BCUT2D eigenvalue weighted by molar-refractivity contribution is 0.102. The van der Waals surface area contributed by atoms with Crippen molar-refractivity contribution in [3.8, 4) is 6.01 Å². The maximum Gasteiger partial charge on any atom is 0.316 e. The summed E-state index contributed by atoms with van der Waals surface area (Å²) in [6.45, 7) is 6.04. The molecule has 1 amide bonds. The maximum atomic E-state index is 12.9. The summed E-state index contributed by atoms with van der Waals surface area (Å²) in [6, 6.07) is 8.05. The molecular weight excluding hydrogens is 370 g/mol. The van der Waals surface area contributed by atoms with Crippen molar-refractivity contribution >= 4 is 28.3 Å². The predicted octanol–water partition coefficient (Wildman–Crippen LogP) is 1.87. The van der Waals surface area contributed by atoms with Crippen LogP contribution in [0.15, 0.2) is 36.7 Å². The number of aromatic nitrogens is 4. The van der Waals surface area contributed by atoms with E-state index in [0.29, 0.717) is 29.0 Å². The maximum absolute atomic E-state index is 12.9. The Labute approximate surface area is 168 Å². The average Bonchev–Trinajstić information content (AvgIpc) is 2.72. The second-order valence-corrected chi connectivity index (χ2v) is 7.19. The number of piperazine rings is 1. The zero-order chi connectivity index (χ0) is 20.4. The Morgan fingerprint density at radius 2 is 2.03 bits per heavy atom. The number of methoxy groups -OCH3 is 1. The van der Waals surface area contributed by atoms with E-state index in [4.69, 9.17) is 4.74 Å². The molecule has 3 aromatic rings. The molecule has 4 rings (SSSR count). The Kier molecular flexibility index (Phi) is 5.22. The van der Waals surface area contributed by atoms with E-state index in [-0.39, 0.29) is 11.9 Å². The molecule has 3 heterocycles. The zero-order valence-electron chi connectivity index (χ0n) is 16.6. The third-order valence-corrected chi connectivity index (χ3v) is 4.84. The van der Waals surface area contributed by atoms with Crippen LogP contribution in [0.1, 0.15) is 24.2 Å². The summed E-state index contributed by atoms with van der Waals surface area (Å²) in [7, 11) is 1.50. The van der Waals surface area contributed by atoms with Gasteiger partial charge in [-0.3, -0.25) is 4.79 Å². The van der Waals surface area contributed by atoms with E-state index < -0.39 is 0 Å². The van der Waals surface area contributed by atoms with Gasteiger partial charge in [-0.1, -0.05) is 0 Å². The summed E-state index contributed by atoms with van der Waals surface area (Å²) in [5, 5.41) is 14.8. The summed E-state index contributed by atoms with van der Waals surface area (Å²) in [5.41, 5.74) is 1.96. The minimum atomic E-state index is -0.315. The van der Waals surface area contributed by atoms with Gasteiger partial charge >= 0.3 is 6.01 Å². The molecule has 9 nitrogen and oxygen atoms in total. The van der Waals surface area contributed by atoms with Crippen LogP contribution in [0.3, 0.4) is 0 Å². The van der Waals surface area contributed by atoms with Gasteiger partial charge in [0.15, 0.2) is 5.82 Å². The van der Waals surface area contributed by atoms with Crippen molar-refractivity contribution in [3.63, 3.8) is 0 Å². The second-order valence-electron chi connectivity index (χ2n) is 7.19. The van der Waals surface area contributed by atoms with Gasteiger partial charge in [-0.05, 0) is 38.1 Å². The third kappa shape index (κ3) is 3.95. The molecule has 150 valence electrons. The highest BCUT2D eigenvalue weighted by Gasteiger charge is 2.24. The number of amides is 1. The number of nitrogens with zero attached hydrogens (tertiary/aromatic N) is 5. The molecule has 1 aliphatic heterocycles. The van der Waals surface area contributed by atoms with Gasteiger partial charge in [-0.15, -0.1) is 5.10 Å². The Morgan fingerprint density at radius 1 is 1.24 bits per heavy atom. The number of ether oxygens (including phenoxy) is 1. The largest absolute Gasteiger partial charge is 0.467 e. The first-order valence-corrected chi connectivity index (χ1v) is 9.49. The minimum absolute atomic E-state index is 0.213. The number of fused-ring (bicyclic) bond motifs is 1. The standard InChI is InChI=1S/C20H23N7O2/c1-12-10-27(11-13(2)23-12)16-7-6-14(18-15(16)9-21-20(25-18)29-3)19(28)24-17-5-4-8-22-26-17/h4-9,12-13,23H,10-11H2,1-3H3,(H,24,26,28). The molecule has 0 saturated carbocycles. The summed E-state index contributed by atoms with van der Waals surface area (Å²) >= 11 is 0. The molecule has 2 unspecified atom stereocenters. The van der Waals surface area contributed by atoms with Gasteiger partial charge in [0, 0.05) is 48.6 Å². The van der Waals surface area contributed by atoms with Crippen LogP contribution in [0.2, 0.25) is 0 Å². The summed E-state index contributed by atoms with van der Waals surface area (Å²) in [5.74, 6) is 0.0605. The molecule has 29 heavy (non-hydrogen) atoms. The van der Waals surface area contributed by atoms with Crippen LogP contribution < -0.4 is 20.3 Å². The van der Waals surface area contributed by atoms with E-state index in [9.17, 15) is 4.79 Å². The first-order chi connectivity index (χ1) is 14.0. The number of rotatable bonds is 4. The zero-order valence-corrected chi connectivity index (χ0v) is 16.6. The Balaban J connectivity index is 1.77. The van der Waals surface area contributed by atoms with Crippen LogP contribution in [-0.2, 0) is 0 Å². The number of hydrogen-bond donors (Lipinski definition) is 2. The SMILES string of the molecule is COc1ncc2c(N3CC(C)NC(C)C3)ccc(C(=O)Nc3cccnn3)c2n1. The smallest absolute Gasteiger partial charge is 0.316 e. The van der Waals surface area contributed by atoms with Crippen LogP contribution in [0.4, 0.5) is 11.5 Å². The van der Waals surface area contributed by atoms with E-state index >= 15 is 0 Å². The van der Waals surface area contributed by atoms with E-state index in [0.717, 1.165) is 24.2 Å². The Bertz CT molecular complexity index is 1020. The van der Waals surface area contributed by atoms with Crippen molar-refractivity contribution in [2.75, 3.05) is 30.4 Å².